The smallest absolute Gasteiger partial charge is 0.414 e. The summed E-state index contributed by atoms with van der Waals surface area (Å²) in [7, 11) is 1.52. The molecule has 3 aromatic carbocycles. The highest BCUT2D eigenvalue weighted by molar-refractivity contribution is 14.1. The number of fused-ring (bicyclic) bond motifs is 3. The number of carbonyl (C=O) groups excluding carboxylic acids is 1. The number of benzene rings is 3. The number of carboxylic acid groups (broad SMARTS) is 1. The van der Waals surface area contributed by atoms with Crippen molar-refractivity contribution in [1.82, 2.24) is 0 Å². The minimum Gasteiger partial charge on any atom is -0.478 e. The molecule has 4 rings (SSSR count). The summed E-state index contributed by atoms with van der Waals surface area (Å²) in [5.41, 5.74) is 4.93. The van der Waals surface area contributed by atoms with E-state index >= 15 is 0 Å². The van der Waals surface area contributed by atoms with E-state index in [9.17, 15) is 14.7 Å². The third kappa shape index (κ3) is 3.60. The second-order valence-corrected chi connectivity index (χ2v) is 8.08. The minimum atomic E-state index is -1.09. The number of rotatable bonds is 4. The normalized spacial score (nSPS) is 12.2. The van der Waals surface area contributed by atoms with Gasteiger partial charge in [0, 0.05) is 16.5 Å². The molecule has 0 aliphatic heterocycles. The van der Waals surface area contributed by atoms with Crippen LogP contribution < -0.4 is 4.90 Å². The van der Waals surface area contributed by atoms with Crippen LogP contribution >= 0.6 is 22.6 Å². The lowest BCUT2D eigenvalue weighted by atomic mass is 9.98. The molecule has 6 heteroatoms. The van der Waals surface area contributed by atoms with E-state index < -0.39 is 12.1 Å². The number of ether oxygens (including phenoxy) is 1. The van der Waals surface area contributed by atoms with Gasteiger partial charge in [-0.25, -0.2) is 9.59 Å². The Morgan fingerprint density at radius 3 is 2.17 bits per heavy atom. The van der Waals surface area contributed by atoms with Gasteiger partial charge in [0.25, 0.3) is 0 Å². The van der Waals surface area contributed by atoms with Crippen LogP contribution in [0.15, 0.2) is 66.7 Å². The Morgan fingerprint density at radius 1 is 1.00 bits per heavy atom. The number of amides is 1. The number of anilines is 1. The van der Waals surface area contributed by atoms with Gasteiger partial charge in [-0.3, -0.25) is 4.90 Å². The van der Waals surface area contributed by atoms with Crippen molar-refractivity contribution in [2.75, 3.05) is 18.6 Å². The molecule has 0 aromatic heterocycles. The lowest BCUT2D eigenvalue weighted by molar-refractivity contribution is 0.0697. The van der Waals surface area contributed by atoms with Crippen LogP contribution in [-0.4, -0.2) is 30.8 Å². The molecule has 0 unspecified atom stereocenters. The number of hydrogen-bond acceptors (Lipinski definition) is 3. The van der Waals surface area contributed by atoms with Gasteiger partial charge in [-0.05, 0) is 63.0 Å². The fourth-order valence-electron chi connectivity index (χ4n) is 3.75. The Morgan fingerprint density at radius 2 is 1.59 bits per heavy atom. The summed E-state index contributed by atoms with van der Waals surface area (Å²) in [5.74, 6) is -1.13. The molecule has 0 bridgehead atoms. The van der Waals surface area contributed by atoms with Crippen LogP contribution in [0.1, 0.15) is 27.4 Å². The maximum absolute atomic E-state index is 12.7. The molecule has 5 nitrogen and oxygen atoms in total. The summed E-state index contributed by atoms with van der Waals surface area (Å²) in [6.07, 6.45) is -0.587. The van der Waals surface area contributed by atoms with Gasteiger partial charge < -0.3 is 9.84 Å². The van der Waals surface area contributed by atoms with Crippen LogP contribution in [0.2, 0.25) is 0 Å². The average molecular weight is 499 g/mol. The summed E-state index contributed by atoms with van der Waals surface area (Å²) in [6, 6.07) is 21.1. The first-order chi connectivity index (χ1) is 14.0. The van der Waals surface area contributed by atoms with Crippen molar-refractivity contribution in [3.63, 3.8) is 0 Å². The Balaban J connectivity index is 1.57. The lowest BCUT2D eigenvalue weighted by Crippen LogP contribution is -2.30. The van der Waals surface area contributed by atoms with Gasteiger partial charge in [-0.1, -0.05) is 48.5 Å². The number of carboxylic acids is 1. The van der Waals surface area contributed by atoms with Crippen LogP contribution in [-0.2, 0) is 4.74 Å². The average Bonchev–Trinajstić information content (AvgIpc) is 3.05. The molecule has 146 valence electrons. The molecule has 1 aliphatic carbocycles. The third-order valence-electron chi connectivity index (χ3n) is 5.16. The van der Waals surface area contributed by atoms with Gasteiger partial charge >= 0.3 is 12.1 Å². The van der Waals surface area contributed by atoms with Crippen molar-refractivity contribution in [2.24, 2.45) is 0 Å². The molecule has 1 N–H and O–H groups in total. The standard InChI is InChI=1S/C23H18INO4/c1-25(21-12-14(24)10-11-19(21)22(26)27)23(28)29-13-20-17-8-4-2-6-15(17)16-7-3-5-9-18(16)20/h2-12,20H,13H2,1H3,(H,26,27). The van der Waals surface area contributed by atoms with Crippen molar-refractivity contribution in [2.45, 2.75) is 5.92 Å². The topological polar surface area (TPSA) is 66.8 Å². The fourth-order valence-corrected chi connectivity index (χ4v) is 4.23. The highest BCUT2D eigenvalue weighted by Crippen LogP contribution is 2.44. The molecule has 0 heterocycles. The van der Waals surface area contributed by atoms with Crippen LogP contribution in [0, 0.1) is 3.57 Å². The maximum Gasteiger partial charge on any atom is 0.414 e. The fraction of sp³-hybridized carbons (Fsp3) is 0.130. The zero-order valence-corrected chi connectivity index (χ0v) is 17.8. The van der Waals surface area contributed by atoms with E-state index in [2.05, 4.69) is 46.9 Å². The van der Waals surface area contributed by atoms with Gasteiger partial charge in [-0.2, -0.15) is 0 Å². The molecule has 1 amide bonds. The molecule has 0 saturated heterocycles. The summed E-state index contributed by atoms with van der Waals surface area (Å²) < 4.78 is 6.46. The van der Waals surface area contributed by atoms with Crippen molar-refractivity contribution >= 4 is 40.3 Å². The summed E-state index contributed by atoms with van der Waals surface area (Å²) in [4.78, 5) is 25.5. The predicted octanol–water partition coefficient (Wildman–Crippen LogP) is 5.37. The molecule has 0 atom stereocenters. The lowest BCUT2D eigenvalue weighted by Gasteiger charge is -2.21. The minimum absolute atomic E-state index is 0.0467. The Bertz CT molecular complexity index is 1070. The molecule has 0 fully saturated rings. The largest absolute Gasteiger partial charge is 0.478 e. The molecular weight excluding hydrogens is 481 g/mol. The zero-order chi connectivity index (χ0) is 20.5. The second-order valence-electron chi connectivity index (χ2n) is 6.83. The monoisotopic (exact) mass is 499 g/mol. The number of hydrogen-bond donors (Lipinski definition) is 1. The zero-order valence-electron chi connectivity index (χ0n) is 15.6. The maximum atomic E-state index is 12.7. The first kappa shape index (κ1) is 19.4. The van der Waals surface area contributed by atoms with Crippen molar-refractivity contribution < 1.29 is 19.4 Å². The molecule has 3 aromatic rings. The molecule has 0 saturated carbocycles. The summed E-state index contributed by atoms with van der Waals surface area (Å²) in [6.45, 7) is 0.184. The van der Waals surface area contributed by atoms with E-state index in [4.69, 9.17) is 4.74 Å². The Hall–Kier alpha value is -2.87. The quantitative estimate of drug-likeness (QED) is 0.490. The highest BCUT2D eigenvalue weighted by Gasteiger charge is 2.30. The first-order valence-corrected chi connectivity index (χ1v) is 10.2. The van der Waals surface area contributed by atoms with Crippen molar-refractivity contribution in [1.29, 1.82) is 0 Å². The van der Waals surface area contributed by atoms with E-state index in [-0.39, 0.29) is 18.1 Å². The molecule has 0 radical (unpaired) electrons. The Kier molecular flexibility index (Phi) is 5.27. The van der Waals surface area contributed by atoms with Gasteiger partial charge in [0.05, 0.1) is 11.3 Å². The third-order valence-corrected chi connectivity index (χ3v) is 5.83. The van der Waals surface area contributed by atoms with E-state index in [1.807, 2.05) is 24.3 Å². The molecule has 29 heavy (non-hydrogen) atoms. The number of aromatic carboxylic acids is 1. The molecular formula is C23H18INO4. The summed E-state index contributed by atoms with van der Waals surface area (Å²) >= 11 is 2.08. The van der Waals surface area contributed by atoms with Gasteiger partial charge in [0.1, 0.15) is 6.61 Å². The van der Waals surface area contributed by atoms with Crippen molar-refractivity contribution in [3.8, 4) is 11.1 Å². The van der Waals surface area contributed by atoms with Crippen LogP contribution in [0.5, 0.6) is 0 Å². The second kappa shape index (κ2) is 7.87. The number of nitrogens with zero attached hydrogens (tertiary/aromatic N) is 1. The van der Waals surface area contributed by atoms with E-state index in [0.717, 1.165) is 25.8 Å². The van der Waals surface area contributed by atoms with Gasteiger partial charge in [-0.15, -0.1) is 0 Å². The van der Waals surface area contributed by atoms with E-state index in [1.54, 1.807) is 12.1 Å². The summed E-state index contributed by atoms with van der Waals surface area (Å²) in [5, 5.41) is 9.43. The van der Waals surface area contributed by atoms with Gasteiger partial charge in [0.2, 0.25) is 0 Å². The van der Waals surface area contributed by atoms with Crippen LogP contribution in [0.25, 0.3) is 11.1 Å². The van der Waals surface area contributed by atoms with E-state index in [0.29, 0.717) is 5.69 Å². The first-order valence-electron chi connectivity index (χ1n) is 9.09. The molecule has 0 spiro atoms. The van der Waals surface area contributed by atoms with Crippen molar-refractivity contribution in [3.05, 3.63) is 87.0 Å². The highest BCUT2D eigenvalue weighted by atomic mass is 127. The van der Waals surface area contributed by atoms with Gasteiger partial charge in [0.15, 0.2) is 0 Å². The predicted molar refractivity (Wildman–Crippen MR) is 120 cm³/mol. The number of halogens is 1. The Labute approximate surface area is 182 Å². The number of carbonyl (C=O) groups is 2. The van der Waals surface area contributed by atoms with E-state index in [1.165, 1.54) is 18.0 Å². The van der Waals surface area contributed by atoms with Crippen LogP contribution in [0.3, 0.4) is 0 Å². The SMILES string of the molecule is CN(C(=O)OCC1c2ccccc2-c2ccccc21)c1cc(I)ccc1C(=O)O. The molecule has 1 aliphatic rings. The van der Waals surface area contributed by atoms with Crippen LogP contribution in [0.4, 0.5) is 10.5 Å².